The van der Waals surface area contributed by atoms with Gasteiger partial charge in [0.1, 0.15) is 0 Å². The number of nitrogens with one attached hydrogen (secondary N) is 2. The van der Waals surface area contributed by atoms with Gasteiger partial charge in [-0.05, 0) is 24.3 Å². The summed E-state index contributed by atoms with van der Waals surface area (Å²) in [5.74, 6) is -0.228. The first-order valence-corrected chi connectivity index (χ1v) is 8.59. The first-order valence-electron chi connectivity index (χ1n) is 6.94. The minimum Gasteiger partial charge on any atom is -0.391 e. The molecule has 1 fully saturated rings. The minimum atomic E-state index is -3.25. The van der Waals surface area contributed by atoms with Gasteiger partial charge in [-0.3, -0.25) is 4.79 Å². The normalized spacial score (nSPS) is 21.2. The van der Waals surface area contributed by atoms with Gasteiger partial charge in [0, 0.05) is 31.1 Å². The Kier molecular flexibility index (Phi) is 6.80. The molecule has 0 spiro atoms. The van der Waals surface area contributed by atoms with Crippen molar-refractivity contribution in [2.45, 2.75) is 17.9 Å². The van der Waals surface area contributed by atoms with Crippen LogP contribution in [0.5, 0.6) is 0 Å². The molecule has 0 aliphatic carbocycles. The topological polar surface area (TPSA) is 95.5 Å². The molecule has 1 aliphatic rings. The van der Waals surface area contributed by atoms with Crippen molar-refractivity contribution < 1.29 is 18.3 Å². The maximum atomic E-state index is 12.0. The van der Waals surface area contributed by atoms with E-state index in [-0.39, 0.29) is 34.9 Å². The molecule has 6 nitrogen and oxygen atoms in total. The lowest BCUT2D eigenvalue weighted by atomic mass is 10.1. The number of rotatable bonds is 5. The Morgan fingerprint density at radius 1 is 1.32 bits per heavy atom. The van der Waals surface area contributed by atoms with E-state index in [0.717, 1.165) is 0 Å². The number of β-amino-alcohol motifs (C(OH)–C–C–N with tert-alkyl or cyclic N) is 1. The number of hydrogen-bond donors (Lipinski definition) is 3. The number of carbonyl (C=O) groups is 1. The van der Waals surface area contributed by atoms with Crippen molar-refractivity contribution >= 4 is 28.2 Å². The standard InChI is InChI=1S/C14H20N2O4S.ClH/c1-2-21(19,20)12-5-3-10(4-6-12)14(18)16-8-11-7-15-9-13(11)17;/h3-6,11,13,15,17H,2,7-9H2,1H3,(H,16,18);1H. The third-order valence-corrected chi connectivity index (χ3v) is 5.44. The number of carbonyl (C=O) groups excluding carboxylic acids is 1. The molecule has 1 aliphatic heterocycles. The van der Waals surface area contributed by atoms with Gasteiger partial charge >= 0.3 is 0 Å². The van der Waals surface area contributed by atoms with E-state index in [0.29, 0.717) is 25.2 Å². The summed E-state index contributed by atoms with van der Waals surface area (Å²) in [6, 6.07) is 5.89. The molecule has 3 N–H and O–H groups in total. The Hall–Kier alpha value is -1.15. The Morgan fingerprint density at radius 2 is 1.95 bits per heavy atom. The lowest BCUT2D eigenvalue weighted by molar-refractivity contribution is 0.0927. The van der Waals surface area contributed by atoms with Gasteiger partial charge in [-0.15, -0.1) is 12.4 Å². The molecule has 1 aromatic carbocycles. The summed E-state index contributed by atoms with van der Waals surface area (Å²) in [6.45, 7) is 3.19. The SMILES string of the molecule is CCS(=O)(=O)c1ccc(C(=O)NCC2CNCC2O)cc1.Cl. The second kappa shape index (κ2) is 7.92. The van der Waals surface area contributed by atoms with Crippen molar-refractivity contribution in [2.75, 3.05) is 25.4 Å². The molecule has 8 heteroatoms. The molecule has 0 saturated carbocycles. The molecule has 1 amide bonds. The van der Waals surface area contributed by atoms with Crippen LogP contribution in [-0.2, 0) is 9.84 Å². The lowest BCUT2D eigenvalue weighted by Crippen LogP contribution is -2.34. The van der Waals surface area contributed by atoms with Crippen LogP contribution in [0.25, 0.3) is 0 Å². The second-order valence-corrected chi connectivity index (χ2v) is 7.40. The van der Waals surface area contributed by atoms with Crippen LogP contribution >= 0.6 is 12.4 Å². The van der Waals surface area contributed by atoms with Crippen LogP contribution in [0.1, 0.15) is 17.3 Å². The third kappa shape index (κ3) is 4.42. The summed E-state index contributed by atoms with van der Waals surface area (Å²) in [5.41, 5.74) is 0.408. The molecule has 2 atom stereocenters. The summed E-state index contributed by atoms with van der Waals surface area (Å²) in [5, 5.41) is 15.4. The Morgan fingerprint density at radius 3 is 2.45 bits per heavy atom. The number of aliphatic hydroxyl groups excluding tert-OH is 1. The zero-order valence-electron chi connectivity index (χ0n) is 12.3. The molecule has 1 aromatic rings. The molecule has 0 radical (unpaired) electrons. The summed E-state index contributed by atoms with van der Waals surface area (Å²) in [7, 11) is -3.25. The summed E-state index contributed by atoms with van der Waals surface area (Å²) < 4.78 is 23.4. The largest absolute Gasteiger partial charge is 0.391 e. The van der Waals surface area contributed by atoms with Gasteiger partial charge in [0.2, 0.25) is 0 Å². The minimum absolute atomic E-state index is 0. The van der Waals surface area contributed by atoms with Crippen molar-refractivity contribution in [3.05, 3.63) is 29.8 Å². The molecular formula is C14H21ClN2O4S. The highest BCUT2D eigenvalue weighted by Gasteiger charge is 2.25. The Balaban J connectivity index is 0.00000242. The molecule has 22 heavy (non-hydrogen) atoms. The zero-order chi connectivity index (χ0) is 15.5. The smallest absolute Gasteiger partial charge is 0.251 e. The van der Waals surface area contributed by atoms with E-state index in [1.807, 2.05) is 0 Å². The molecule has 0 bridgehead atoms. The molecular weight excluding hydrogens is 328 g/mol. The summed E-state index contributed by atoms with van der Waals surface area (Å²) in [4.78, 5) is 12.2. The van der Waals surface area contributed by atoms with E-state index in [2.05, 4.69) is 10.6 Å². The van der Waals surface area contributed by atoms with E-state index in [9.17, 15) is 18.3 Å². The monoisotopic (exact) mass is 348 g/mol. The van der Waals surface area contributed by atoms with Crippen LogP contribution in [-0.4, -0.2) is 50.9 Å². The van der Waals surface area contributed by atoms with Crippen LogP contribution in [0.3, 0.4) is 0 Å². The van der Waals surface area contributed by atoms with Gasteiger partial charge in [-0.1, -0.05) is 6.92 Å². The zero-order valence-corrected chi connectivity index (χ0v) is 13.9. The third-order valence-electron chi connectivity index (χ3n) is 3.68. The highest BCUT2D eigenvalue weighted by molar-refractivity contribution is 7.91. The fraction of sp³-hybridized carbons (Fsp3) is 0.500. The lowest BCUT2D eigenvalue weighted by Gasteiger charge is -2.14. The first kappa shape index (κ1) is 18.9. The van der Waals surface area contributed by atoms with Crippen molar-refractivity contribution in [3.63, 3.8) is 0 Å². The number of amides is 1. The van der Waals surface area contributed by atoms with Gasteiger partial charge in [-0.2, -0.15) is 0 Å². The molecule has 2 unspecified atom stereocenters. The molecule has 1 heterocycles. The first-order chi connectivity index (χ1) is 9.94. The molecule has 1 saturated heterocycles. The number of benzene rings is 1. The van der Waals surface area contributed by atoms with E-state index >= 15 is 0 Å². The van der Waals surface area contributed by atoms with Crippen molar-refractivity contribution in [3.8, 4) is 0 Å². The van der Waals surface area contributed by atoms with E-state index in [4.69, 9.17) is 0 Å². The predicted octanol–water partition coefficient (Wildman–Crippen LogP) is 0.212. The van der Waals surface area contributed by atoms with Gasteiger partial charge in [0.25, 0.3) is 5.91 Å². The van der Waals surface area contributed by atoms with E-state index in [1.165, 1.54) is 24.3 Å². The average Bonchev–Trinajstić information content (AvgIpc) is 2.90. The number of sulfone groups is 1. The highest BCUT2D eigenvalue weighted by atomic mass is 35.5. The van der Waals surface area contributed by atoms with Crippen molar-refractivity contribution in [1.82, 2.24) is 10.6 Å². The van der Waals surface area contributed by atoms with Crippen LogP contribution in [0.2, 0.25) is 0 Å². The van der Waals surface area contributed by atoms with E-state index in [1.54, 1.807) is 6.92 Å². The van der Waals surface area contributed by atoms with Crippen LogP contribution in [0.4, 0.5) is 0 Å². The van der Waals surface area contributed by atoms with Gasteiger partial charge in [-0.25, -0.2) is 8.42 Å². The van der Waals surface area contributed by atoms with Crippen molar-refractivity contribution in [2.24, 2.45) is 5.92 Å². The summed E-state index contributed by atoms with van der Waals surface area (Å²) >= 11 is 0. The quantitative estimate of drug-likeness (QED) is 0.707. The van der Waals surface area contributed by atoms with Crippen LogP contribution < -0.4 is 10.6 Å². The number of aliphatic hydroxyl groups is 1. The average molecular weight is 349 g/mol. The molecule has 2 rings (SSSR count). The van der Waals surface area contributed by atoms with Gasteiger partial charge < -0.3 is 15.7 Å². The van der Waals surface area contributed by atoms with Gasteiger partial charge in [0.15, 0.2) is 9.84 Å². The Labute approximate surface area is 136 Å². The fourth-order valence-corrected chi connectivity index (χ4v) is 3.12. The number of hydrogen-bond acceptors (Lipinski definition) is 5. The van der Waals surface area contributed by atoms with Crippen molar-refractivity contribution in [1.29, 1.82) is 0 Å². The molecule has 0 aromatic heterocycles. The number of halogens is 1. The second-order valence-electron chi connectivity index (χ2n) is 5.12. The predicted molar refractivity (Wildman–Crippen MR) is 86.1 cm³/mol. The summed E-state index contributed by atoms with van der Waals surface area (Å²) in [6.07, 6.45) is -0.442. The van der Waals surface area contributed by atoms with Gasteiger partial charge in [0.05, 0.1) is 16.8 Å². The van der Waals surface area contributed by atoms with Crippen LogP contribution in [0, 0.1) is 5.92 Å². The highest BCUT2D eigenvalue weighted by Crippen LogP contribution is 2.13. The van der Waals surface area contributed by atoms with Crippen LogP contribution in [0.15, 0.2) is 29.2 Å². The maximum Gasteiger partial charge on any atom is 0.251 e. The Bertz CT molecular complexity index is 604. The molecule has 124 valence electrons. The fourth-order valence-electron chi connectivity index (χ4n) is 2.23. The maximum absolute atomic E-state index is 12.0. The van der Waals surface area contributed by atoms with E-state index < -0.39 is 15.9 Å².